The van der Waals surface area contributed by atoms with Crippen LogP contribution in [0.3, 0.4) is 0 Å². The van der Waals surface area contributed by atoms with Gasteiger partial charge in [0.1, 0.15) is 0 Å². The summed E-state index contributed by atoms with van der Waals surface area (Å²) in [6.45, 7) is 7.50. The van der Waals surface area contributed by atoms with E-state index < -0.39 is 0 Å². The van der Waals surface area contributed by atoms with Gasteiger partial charge in [0.05, 0.1) is 0 Å². The molecule has 0 aromatic rings. The molecule has 0 radical (unpaired) electrons. The first-order valence-corrected chi connectivity index (χ1v) is 7.74. The molecule has 3 aliphatic rings. The molecule has 0 aromatic heterocycles. The normalized spacial score (nSPS) is 41.6. The molecule has 98 valence electrons. The summed E-state index contributed by atoms with van der Waals surface area (Å²) in [5.74, 6) is 0.999. The molecule has 1 saturated carbocycles. The number of hydrogen-bond acceptors (Lipinski definition) is 2. The van der Waals surface area contributed by atoms with E-state index in [0.717, 1.165) is 12.0 Å². The second-order valence-corrected chi connectivity index (χ2v) is 6.61. The zero-order valence-corrected chi connectivity index (χ0v) is 11.5. The second-order valence-electron chi connectivity index (χ2n) is 6.61. The van der Waals surface area contributed by atoms with Gasteiger partial charge in [0.25, 0.3) is 0 Å². The molecule has 2 nitrogen and oxygen atoms in total. The fraction of sp³-hybridized carbons (Fsp3) is 1.00. The van der Waals surface area contributed by atoms with Crippen LogP contribution >= 0.6 is 0 Å². The van der Waals surface area contributed by atoms with Crippen LogP contribution in [0.1, 0.15) is 58.8 Å². The molecule has 1 spiro atoms. The quantitative estimate of drug-likeness (QED) is 0.793. The monoisotopic (exact) mass is 236 g/mol. The van der Waals surface area contributed by atoms with Gasteiger partial charge >= 0.3 is 0 Å². The van der Waals surface area contributed by atoms with Crippen LogP contribution in [0.15, 0.2) is 0 Å². The molecular weight excluding hydrogens is 208 g/mol. The van der Waals surface area contributed by atoms with E-state index in [2.05, 4.69) is 24.1 Å². The van der Waals surface area contributed by atoms with Gasteiger partial charge in [-0.15, -0.1) is 0 Å². The molecule has 3 unspecified atom stereocenters. The zero-order valence-electron chi connectivity index (χ0n) is 11.5. The maximum absolute atomic E-state index is 3.73. The molecule has 2 aliphatic heterocycles. The summed E-state index contributed by atoms with van der Waals surface area (Å²) >= 11 is 0. The lowest BCUT2D eigenvalue weighted by molar-refractivity contribution is 0.000950. The molecule has 1 aliphatic carbocycles. The Balaban J connectivity index is 1.77. The van der Waals surface area contributed by atoms with E-state index in [1.165, 1.54) is 58.0 Å². The highest BCUT2D eigenvalue weighted by molar-refractivity contribution is 5.07. The van der Waals surface area contributed by atoms with Crippen LogP contribution in [0.25, 0.3) is 0 Å². The van der Waals surface area contributed by atoms with Crippen molar-refractivity contribution in [1.29, 1.82) is 0 Å². The van der Waals surface area contributed by atoms with Gasteiger partial charge in [-0.3, -0.25) is 4.90 Å². The van der Waals surface area contributed by atoms with Gasteiger partial charge in [0, 0.05) is 17.6 Å². The topological polar surface area (TPSA) is 15.3 Å². The summed E-state index contributed by atoms with van der Waals surface area (Å²) in [5.41, 5.74) is 0.507. The van der Waals surface area contributed by atoms with E-state index in [4.69, 9.17) is 0 Å². The van der Waals surface area contributed by atoms with Crippen molar-refractivity contribution in [2.24, 2.45) is 5.92 Å². The van der Waals surface area contributed by atoms with Crippen LogP contribution in [0.4, 0.5) is 0 Å². The maximum atomic E-state index is 3.73. The predicted octanol–water partition coefficient (Wildman–Crippen LogP) is 2.78. The minimum absolute atomic E-state index is 0.507. The molecule has 0 amide bonds. The summed E-state index contributed by atoms with van der Waals surface area (Å²) in [5, 5.41) is 3.73. The first-order chi connectivity index (χ1) is 8.24. The van der Waals surface area contributed by atoms with Crippen molar-refractivity contribution >= 4 is 0 Å². The zero-order chi connectivity index (χ0) is 11.9. The van der Waals surface area contributed by atoms with Crippen molar-refractivity contribution in [2.75, 3.05) is 13.1 Å². The van der Waals surface area contributed by atoms with Crippen LogP contribution in [-0.4, -0.2) is 35.6 Å². The van der Waals surface area contributed by atoms with Gasteiger partial charge in [-0.1, -0.05) is 6.42 Å². The average molecular weight is 236 g/mol. The predicted molar refractivity (Wildman–Crippen MR) is 72.2 cm³/mol. The molecule has 2 saturated heterocycles. The van der Waals surface area contributed by atoms with Crippen molar-refractivity contribution in [3.63, 3.8) is 0 Å². The van der Waals surface area contributed by atoms with Crippen LogP contribution in [0.5, 0.6) is 0 Å². The van der Waals surface area contributed by atoms with Crippen LogP contribution < -0.4 is 5.32 Å². The molecule has 2 heteroatoms. The highest BCUT2D eigenvalue weighted by atomic mass is 15.3. The molecule has 1 N–H and O–H groups in total. The largest absolute Gasteiger partial charge is 0.312 e. The summed E-state index contributed by atoms with van der Waals surface area (Å²) < 4.78 is 0. The Morgan fingerprint density at radius 3 is 2.59 bits per heavy atom. The maximum Gasteiger partial charge on any atom is 0.0363 e. The number of nitrogens with one attached hydrogen (secondary N) is 1. The SMILES string of the molecule is CC(C1CCC1)N1CCCC12CCCNC2C. The van der Waals surface area contributed by atoms with Crippen molar-refractivity contribution < 1.29 is 0 Å². The lowest BCUT2D eigenvalue weighted by Gasteiger charge is -2.52. The molecule has 2 heterocycles. The minimum Gasteiger partial charge on any atom is -0.312 e. The number of hydrogen-bond donors (Lipinski definition) is 1. The van der Waals surface area contributed by atoms with E-state index in [-0.39, 0.29) is 0 Å². The van der Waals surface area contributed by atoms with Gasteiger partial charge in [-0.2, -0.15) is 0 Å². The Bertz CT molecular complexity index is 274. The highest BCUT2D eigenvalue weighted by Gasteiger charge is 2.49. The van der Waals surface area contributed by atoms with Crippen LogP contribution in [0, 0.1) is 5.92 Å². The Morgan fingerprint density at radius 1 is 1.18 bits per heavy atom. The van der Waals surface area contributed by atoms with E-state index in [1.54, 1.807) is 0 Å². The molecule has 0 aromatic carbocycles. The summed E-state index contributed by atoms with van der Waals surface area (Å²) in [7, 11) is 0. The van der Waals surface area contributed by atoms with Crippen molar-refractivity contribution in [3.05, 3.63) is 0 Å². The standard InChI is InChI=1S/C15H28N2/c1-12(14-6-3-7-14)17-11-5-9-15(17)8-4-10-16-13(15)2/h12-14,16H,3-11H2,1-2H3. The molecule has 0 bridgehead atoms. The van der Waals surface area contributed by atoms with Crippen LogP contribution in [0.2, 0.25) is 0 Å². The first kappa shape index (κ1) is 12.0. The fourth-order valence-electron chi connectivity index (χ4n) is 4.56. The number of rotatable bonds is 2. The third kappa shape index (κ3) is 1.84. The van der Waals surface area contributed by atoms with Crippen molar-refractivity contribution in [2.45, 2.75) is 76.4 Å². The Morgan fingerprint density at radius 2 is 1.94 bits per heavy atom. The first-order valence-electron chi connectivity index (χ1n) is 7.74. The third-order valence-corrected chi connectivity index (χ3v) is 5.95. The summed E-state index contributed by atoms with van der Waals surface area (Å²) in [6, 6.07) is 1.52. The Labute approximate surface area is 106 Å². The van der Waals surface area contributed by atoms with Crippen molar-refractivity contribution in [3.8, 4) is 0 Å². The fourth-order valence-corrected chi connectivity index (χ4v) is 4.56. The van der Waals surface area contributed by atoms with Gasteiger partial charge in [0.2, 0.25) is 0 Å². The van der Waals surface area contributed by atoms with Gasteiger partial charge in [-0.25, -0.2) is 0 Å². The molecule has 3 fully saturated rings. The van der Waals surface area contributed by atoms with Gasteiger partial charge in [-0.05, 0) is 71.4 Å². The molecule has 3 atom stereocenters. The molecule has 3 rings (SSSR count). The lowest BCUT2D eigenvalue weighted by atomic mass is 9.75. The second kappa shape index (κ2) is 4.55. The number of nitrogens with zero attached hydrogens (tertiary/aromatic N) is 1. The van der Waals surface area contributed by atoms with E-state index in [0.29, 0.717) is 11.6 Å². The van der Waals surface area contributed by atoms with Gasteiger partial charge in [0.15, 0.2) is 0 Å². The highest BCUT2D eigenvalue weighted by Crippen LogP contribution is 2.43. The summed E-state index contributed by atoms with van der Waals surface area (Å²) in [6.07, 6.45) is 10.1. The van der Waals surface area contributed by atoms with E-state index in [1.807, 2.05) is 0 Å². The average Bonchev–Trinajstić information content (AvgIpc) is 2.65. The van der Waals surface area contributed by atoms with Crippen molar-refractivity contribution in [1.82, 2.24) is 10.2 Å². The van der Waals surface area contributed by atoms with Gasteiger partial charge < -0.3 is 5.32 Å². The Kier molecular flexibility index (Phi) is 3.20. The summed E-state index contributed by atoms with van der Waals surface area (Å²) in [4.78, 5) is 2.90. The Hall–Kier alpha value is -0.0800. The van der Waals surface area contributed by atoms with Crippen LogP contribution in [-0.2, 0) is 0 Å². The molecule has 17 heavy (non-hydrogen) atoms. The number of piperidine rings is 1. The smallest absolute Gasteiger partial charge is 0.0363 e. The molecular formula is C15H28N2. The number of likely N-dealkylation sites (tertiary alicyclic amines) is 1. The van der Waals surface area contributed by atoms with E-state index >= 15 is 0 Å². The van der Waals surface area contributed by atoms with E-state index in [9.17, 15) is 0 Å². The lowest BCUT2D eigenvalue weighted by Crippen LogP contribution is -2.63. The third-order valence-electron chi connectivity index (χ3n) is 5.95. The minimum atomic E-state index is 0.507.